The molecule has 1 saturated heterocycles. The molecule has 0 saturated carbocycles. The highest BCUT2D eigenvalue weighted by Gasteiger charge is 2.49. The van der Waals surface area contributed by atoms with Gasteiger partial charge in [0.25, 0.3) is 0 Å². The molecule has 0 unspecified atom stereocenters. The Bertz CT molecular complexity index is 1030. The summed E-state index contributed by atoms with van der Waals surface area (Å²) in [5.41, 5.74) is 3.11. The highest BCUT2D eigenvalue weighted by atomic mass is 16.7. The van der Waals surface area contributed by atoms with Crippen LogP contribution in [0.25, 0.3) is 0 Å². The van der Waals surface area contributed by atoms with Gasteiger partial charge in [0.05, 0.1) is 32.5 Å². The first kappa shape index (κ1) is 28.4. The SMILES string of the molecule is CCC[C@@H](C)O[C@@H]1O[C@H](CO)[C@@H](OCc2ccccc2)[C@H](OCc2ccccc2)[C@H]1OCc1ccccc1. The Kier molecular flexibility index (Phi) is 11.3. The average Bonchev–Trinajstić information content (AvgIpc) is 2.96. The van der Waals surface area contributed by atoms with Gasteiger partial charge < -0.3 is 28.8 Å². The summed E-state index contributed by atoms with van der Waals surface area (Å²) in [7, 11) is 0. The van der Waals surface area contributed by atoms with E-state index in [4.69, 9.17) is 23.7 Å². The van der Waals surface area contributed by atoms with E-state index in [0.717, 1.165) is 29.5 Å². The molecule has 0 bridgehead atoms. The molecule has 1 N–H and O–H groups in total. The third-order valence-electron chi connectivity index (χ3n) is 6.69. The molecule has 0 spiro atoms. The van der Waals surface area contributed by atoms with Gasteiger partial charge in [-0.05, 0) is 30.0 Å². The first-order valence-corrected chi connectivity index (χ1v) is 13.6. The van der Waals surface area contributed by atoms with Crippen molar-refractivity contribution >= 4 is 0 Å². The van der Waals surface area contributed by atoms with Crippen LogP contribution in [0.1, 0.15) is 43.4 Å². The van der Waals surface area contributed by atoms with Gasteiger partial charge in [0.1, 0.15) is 24.4 Å². The number of hydrogen-bond acceptors (Lipinski definition) is 6. The van der Waals surface area contributed by atoms with Crippen molar-refractivity contribution in [1.82, 2.24) is 0 Å². The molecule has 204 valence electrons. The summed E-state index contributed by atoms with van der Waals surface area (Å²) in [6, 6.07) is 30.0. The average molecular weight is 521 g/mol. The third kappa shape index (κ3) is 8.21. The first-order chi connectivity index (χ1) is 18.7. The molecular weight excluding hydrogens is 480 g/mol. The fourth-order valence-corrected chi connectivity index (χ4v) is 4.71. The van der Waals surface area contributed by atoms with E-state index in [9.17, 15) is 5.11 Å². The van der Waals surface area contributed by atoms with Crippen molar-refractivity contribution in [1.29, 1.82) is 0 Å². The molecule has 6 atom stereocenters. The van der Waals surface area contributed by atoms with Crippen molar-refractivity contribution in [2.45, 2.75) is 83.3 Å². The predicted octanol–water partition coefficient (Wildman–Crippen LogP) is 5.67. The minimum absolute atomic E-state index is 0.0382. The molecule has 38 heavy (non-hydrogen) atoms. The second-order valence-electron chi connectivity index (χ2n) is 9.74. The Morgan fingerprint density at radius 3 is 1.58 bits per heavy atom. The molecular formula is C32H40O6. The predicted molar refractivity (Wildman–Crippen MR) is 146 cm³/mol. The summed E-state index contributed by atoms with van der Waals surface area (Å²) in [6.45, 7) is 5.04. The van der Waals surface area contributed by atoms with Crippen molar-refractivity contribution in [3.05, 3.63) is 108 Å². The zero-order valence-corrected chi connectivity index (χ0v) is 22.4. The van der Waals surface area contributed by atoms with Crippen LogP contribution in [0.5, 0.6) is 0 Å². The van der Waals surface area contributed by atoms with E-state index in [1.54, 1.807) is 0 Å². The fourth-order valence-electron chi connectivity index (χ4n) is 4.71. The number of benzene rings is 3. The molecule has 6 nitrogen and oxygen atoms in total. The third-order valence-corrected chi connectivity index (χ3v) is 6.69. The minimum atomic E-state index is -0.713. The molecule has 0 aliphatic carbocycles. The zero-order valence-electron chi connectivity index (χ0n) is 22.4. The Hall–Kier alpha value is -2.58. The van der Waals surface area contributed by atoms with Gasteiger partial charge in [-0.15, -0.1) is 0 Å². The number of aliphatic hydroxyl groups is 1. The summed E-state index contributed by atoms with van der Waals surface area (Å²) in [5, 5.41) is 10.4. The molecule has 1 fully saturated rings. The number of rotatable bonds is 14. The van der Waals surface area contributed by atoms with Crippen molar-refractivity contribution in [3.63, 3.8) is 0 Å². The van der Waals surface area contributed by atoms with E-state index >= 15 is 0 Å². The summed E-state index contributed by atoms with van der Waals surface area (Å²) in [5.74, 6) is 0. The lowest BCUT2D eigenvalue weighted by atomic mass is 9.97. The van der Waals surface area contributed by atoms with Crippen LogP contribution in [0.4, 0.5) is 0 Å². The molecule has 1 heterocycles. The normalized spacial score (nSPS) is 24.2. The molecule has 0 amide bonds. The van der Waals surface area contributed by atoms with Crippen molar-refractivity contribution in [2.24, 2.45) is 0 Å². The Labute approximate surface area is 226 Å². The number of aliphatic hydroxyl groups excluding tert-OH is 1. The lowest BCUT2D eigenvalue weighted by molar-refractivity contribution is -0.334. The second kappa shape index (κ2) is 15.1. The lowest BCUT2D eigenvalue weighted by Crippen LogP contribution is -2.62. The molecule has 3 aromatic carbocycles. The van der Waals surface area contributed by atoms with Crippen LogP contribution in [0.3, 0.4) is 0 Å². The molecule has 1 aliphatic heterocycles. The summed E-state index contributed by atoms with van der Waals surface area (Å²) >= 11 is 0. The minimum Gasteiger partial charge on any atom is -0.394 e. The van der Waals surface area contributed by atoms with Gasteiger partial charge in [0.2, 0.25) is 0 Å². The van der Waals surface area contributed by atoms with E-state index in [-0.39, 0.29) is 12.7 Å². The zero-order chi connectivity index (χ0) is 26.6. The standard InChI is InChI=1S/C32H40O6/c1-3-13-24(2)37-32-31(36-23-27-18-11-6-12-19-27)30(35-22-26-16-9-5-10-17-26)29(28(20-33)38-32)34-21-25-14-7-4-8-15-25/h4-12,14-19,24,28-33H,3,13,20-23H2,1-2H3/t24-,28-,29-,30+,31-,32-/m1/s1. The van der Waals surface area contributed by atoms with Gasteiger partial charge in [-0.3, -0.25) is 0 Å². The van der Waals surface area contributed by atoms with E-state index in [2.05, 4.69) is 6.92 Å². The van der Waals surface area contributed by atoms with E-state index < -0.39 is 30.7 Å². The maximum atomic E-state index is 10.4. The second-order valence-corrected chi connectivity index (χ2v) is 9.74. The van der Waals surface area contributed by atoms with Crippen molar-refractivity contribution < 1.29 is 28.8 Å². The molecule has 0 aromatic heterocycles. The van der Waals surface area contributed by atoms with E-state index in [1.807, 2.05) is 97.9 Å². The molecule has 3 aromatic rings. The van der Waals surface area contributed by atoms with Gasteiger partial charge >= 0.3 is 0 Å². The molecule has 4 rings (SSSR count). The molecule has 1 aliphatic rings. The van der Waals surface area contributed by atoms with Gasteiger partial charge in [-0.2, -0.15) is 0 Å². The van der Waals surface area contributed by atoms with Crippen molar-refractivity contribution in [2.75, 3.05) is 6.61 Å². The van der Waals surface area contributed by atoms with Crippen LogP contribution >= 0.6 is 0 Å². The van der Waals surface area contributed by atoms with E-state index in [0.29, 0.717) is 19.8 Å². The van der Waals surface area contributed by atoms with Crippen LogP contribution in [0, 0.1) is 0 Å². The molecule has 6 heteroatoms. The fraction of sp³-hybridized carbons (Fsp3) is 0.438. The van der Waals surface area contributed by atoms with Crippen LogP contribution in [0.2, 0.25) is 0 Å². The van der Waals surface area contributed by atoms with Gasteiger partial charge in [0, 0.05) is 0 Å². The van der Waals surface area contributed by atoms with Crippen molar-refractivity contribution in [3.8, 4) is 0 Å². The topological polar surface area (TPSA) is 66.4 Å². The van der Waals surface area contributed by atoms with Crippen LogP contribution < -0.4 is 0 Å². The summed E-state index contributed by atoms with van der Waals surface area (Å²) in [4.78, 5) is 0. The Morgan fingerprint density at radius 2 is 1.13 bits per heavy atom. The quantitative estimate of drug-likeness (QED) is 0.296. The Morgan fingerprint density at radius 1 is 0.684 bits per heavy atom. The highest BCUT2D eigenvalue weighted by Crippen LogP contribution is 2.32. The maximum Gasteiger partial charge on any atom is 0.187 e. The molecule has 0 radical (unpaired) electrons. The Balaban J connectivity index is 1.60. The monoisotopic (exact) mass is 520 g/mol. The number of ether oxygens (including phenoxy) is 5. The smallest absolute Gasteiger partial charge is 0.187 e. The van der Waals surface area contributed by atoms with Crippen LogP contribution in [-0.4, -0.2) is 48.5 Å². The van der Waals surface area contributed by atoms with E-state index in [1.165, 1.54) is 0 Å². The maximum absolute atomic E-state index is 10.4. The van der Waals surface area contributed by atoms with Gasteiger partial charge in [-0.25, -0.2) is 0 Å². The van der Waals surface area contributed by atoms with Gasteiger partial charge in [-0.1, -0.05) is 104 Å². The number of hydrogen-bond donors (Lipinski definition) is 1. The summed E-state index contributed by atoms with van der Waals surface area (Å²) in [6.07, 6.45) is -1.17. The van der Waals surface area contributed by atoms with Gasteiger partial charge in [0.15, 0.2) is 6.29 Å². The van der Waals surface area contributed by atoms with Crippen LogP contribution in [-0.2, 0) is 43.5 Å². The first-order valence-electron chi connectivity index (χ1n) is 13.6. The lowest BCUT2D eigenvalue weighted by Gasteiger charge is -2.46. The largest absolute Gasteiger partial charge is 0.394 e. The van der Waals surface area contributed by atoms with Crippen LogP contribution in [0.15, 0.2) is 91.0 Å². The summed E-state index contributed by atoms with van der Waals surface area (Å²) < 4.78 is 32.2. The highest BCUT2D eigenvalue weighted by molar-refractivity contribution is 5.15.